The summed E-state index contributed by atoms with van der Waals surface area (Å²) in [4.78, 5) is 12.9. The minimum atomic E-state index is 0.273. The molecule has 1 fully saturated rings. The first kappa shape index (κ1) is 12.3. The summed E-state index contributed by atoms with van der Waals surface area (Å²) < 4.78 is 1.03. The zero-order valence-corrected chi connectivity index (χ0v) is 11.6. The Labute approximate surface area is 109 Å². The van der Waals surface area contributed by atoms with Crippen LogP contribution in [0.25, 0.3) is 0 Å². The van der Waals surface area contributed by atoms with Gasteiger partial charge >= 0.3 is 0 Å². The lowest BCUT2D eigenvalue weighted by Crippen LogP contribution is -2.30. The minimum absolute atomic E-state index is 0.273. The average molecular weight is 302 g/mol. The highest BCUT2D eigenvalue weighted by molar-refractivity contribution is 9.11. The van der Waals surface area contributed by atoms with Gasteiger partial charge in [0.1, 0.15) is 0 Å². The van der Waals surface area contributed by atoms with Gasteiger partial charge in [-0.2, -0.15) is 0 Å². The van der Waals surface area contributed by atoms with Crippen LogP contribution >= 0.6 is 27.3 Å². The summed E-state index contributed by atoms with van der Waals surface area (Å²) in [6, 6.07) is 4.24. The molecule has 1 aromatic heterocycles. The van der Waals surface area contributed by atoms with Gasteiger partial charge in [0.15, 0.2) is 5.78 Å². The predicted octanol–water partition coefficient (Wildman–Crippen LogP) is 3.62. The molecule has 0 spiro atoms. The van der Waals surface area contributed by atoms with Gasteiger partial charge in [-0.05, 0) is 47.4 Å². The van der Waals surface area contributed by atoms with E-state index in [9.17, 15) is 4.79 Å². The quantitative estimate of drug-likeness (QED) is 0.864. The molecule has 0 bridgehead atoms. The van der Waals surface area contributed by atoms with Crippen molar-refractivity contribution in [2.75, 3.05) is 6.54 Å². The Balaban J connectivity index is 1.90. The van der Waals surface area contributed by atoms with E-state index in [1.54, 1.807) is 0 Å². The Morgan fingerprint density at radius 3 is 3.06 bits per heavy atom. The van der Waals surface area contributed by atoms with Crippen molar-refractivity contribution in [2.45, 2.75) is 38.1 Å². The molecule has 1 N–H and O–H groups in total. The second-order valence-electron chi connectivity index (χ2n) is 4.23. The van der Waals surface area contributed by atoms with Gasteiger partial charge in [0, 0.05) is 12.5 Å². The van der Waals surface area contributed by atoms with E-state index in [1.807, 2.05) is 12.1 Å². The number of ketones is 1. The van der Waals surface area contributed by atoms with Crippen LogP contribution < -0.4 is 5.32 Å². The molecule has 1 aromatic rings. The molecule has 0 saturated carbocycles. The van der Waals surface area contributed by atoms with E-state index in [0.717, 1.165) is 21.6 Å². The number of Topliss-reactive ketones (excluding diaryl/α,β-unsaturated/α-hetero) is 1. The van der Waals surface area contributed by atoms with Gasteiger partial charge in [0.25, 0.3) is 0 Å². The first-order chi connectivity index (χ1) is 7.75. The third-order valence-electron chi connectivity index (χ3n) is 2.94. The predicted molar refractivity (Wildman–Crippen MR) is 71.2 cm³/mol. The number of hydrogen-bond acceptors (Lipinski definition) is 3. The van der Waals surface area contributed by atoms with Crippen molar-refractivity contribution >= 4 is 33.0 Å². The first-order valence-corrected chi connectivity index (χ1v) is 7.38. The highest BCUT2D eigenvalue weighted by Gasteiger charge is 2.17. The van der Waals surface area contributed by atoms with Crippen LogP contribution in [0.15, 0.2) is 15.9 Å². The molecule has 2 rings (SSSR count). The molecule has 2 nitrogen and oxygen atoms in total. The van der Waals surface area contributed by atoms with E-state index >= 15 is 0 Å². The summed E-state index contributed by atoms with van der Waals surface area (Å²) in [6.07, 6.45) is 5.57. The fourth-order valence-corrected chi connectivity index (χ4v) is 3.40. The molecule has 88 valence electrons. The van der Waals surface area contributed by atoms with Gasteiger partial charge in [0.2, 0.25) is 0 Å². The Bertz CT molecular complexity index is 356. The van der Waals surface area contributed by atoms with Gasteiger partial charge in [-0.3, -0.25) is 4.79 Å². The highest BCUT2D eigenvalue weighted by atomic mass is 79.9. The Hall–Kier alpha value is -0.190. The van der Waals surface area contributed by atoms with E-state index in [-0.39, 0.29) is 5.78 Å². The largest absolute Gasteiger partial charge is 0.314 e. The SMILES string of the molecule is O=C(CC1CCCCCN1)c1ccc(Br)s1. The molecule has 1 aliphatic heterocycles. The van der Waals surface area contributed by atoms with Gasteiger partial charge in [-0.1, -0.05) is 12.8 Å². The Kier molecular flexibility index (Phi) is 4.55. The summed E-state index contributed by atoms with van der Waals surface area (Å²) >= 11 is 4.92. The molecule has 4 heteroatoms. The molecular formula is C12H16BrNOS. The second-order valence-corrected chi connectivity index (χ2v) is 6.69. The molecule has 16 heavy (non-hydrogen) atoms. The number of halogens is 1. The van der Waals surface area contributed by atoms with Crippen molar-refractivity contribution < 1.29 is 4.79 Å². The van der Waals surface area contributed by atoms with Crippen molar-refractivity contribution in [3.05, 3.63) is 20.8 Å². The van der Waals surface area contributed by atoms with Gasteiger partial charge < -0.3 is 5.32 Å². The maximum atomic E-state index is 12.0. The van der Waals surface area contributed by atoms with E-state index in [1.165, 1.54) is 30.6 Å². The van der Waals surface area contributed by atoms with Crippen LogP contribution in [0.4, 0.5) is 0 Å². The molecule has 1 aliphatic rings. The number of thiophene rings is 1. The lowest BCUT2D eigenvalue weighted by atomic mass is 10.0. The average Bonchev–Trinajstić information content (AvgIpc) is 2.54. The Morgan fingerprint density at radius 2 is 2.31 bits per heavy atom. The number of nitrogens with one attached hydrogen (secondary N) is 1. The van der Waals surface area contributed by atoms with Crippen molar-refractivity contribution in [3.63, 3.8) is 0 Å². The van der Waals surface area contributed by atoms with Crippen LogP contribution in [-0.2, 0) is 0 Å². The molecule has 1 saturated heterocycles. The molecule has 2 heterocycles. The third-order valence-corrected chi connectivity index (χ3v) is 4.61. The molecule has 0 aliphatic carbocycles. The van der Waals surface area contributed by atoms with E-state index in [0.29, 0.717) is 12.5 Å². The molecule has 0 amide bonds. The third kappa shape index (κ3) is 3.40. The summed E-state index contributed by atoms with van der Waals surface area (Å²) in [6.45, 7) is 1.06. The van der Waals surface area contributed by atoms with Crippen molar-refractivity contribution in [2.24, 2.45) is 0 Å². The summed E-state index contributed by atoms with van der Waals surface area (Å²) in [7, 11) is 0. The maximum absolute atomic E-state index is 12.0. The Morgan fingerprint density at radius 1 is 1.44 bits per heavy atom. The van der Waals surface area contributed by atoms with Crippen molar-refractivity contribution in [3.8, 4) is 0 Å². The minimum Gasteiger partial charge on any atom is -0.314 e. The van der Waals surface area contributed by atoms with Crippen molar-refractivity contribution in [1.29, 1.82) is 0 Å². The van der Waals surface area contributed by atoms with Crippen LogP contribution in [0.5, 0.6) is 0 Å². The molecule has 1 unspecified atom stereocenters. The van der Waals surface area contributed by atoms with Crippen LogP contribution in [0.1, 0.15) is 41.8 Å². The maximum Gasteiger partial charge on any atom is 0.174 e. The first-order valence-electron chi connectivity index (χ1n) is 5.77. The van der Waals surface area contributed by atoms with Crippen LogP contribution in [-0.4, -0.2) is 18.4 Å². The summed E-state index contributed by atoms with van der Waals surface area (Å²) in [5.74, 6) is 0.273. The van der Waals surface area contributed by atoms with Crippen LogP contribution in [0.2, 0.25) is 0 Å². The fourth-order valence-electron chi connectivity index (χ4n) is 2.06. The van der Waals surface area contributed by atoms with Gasteiger partial charge in [-0.15, -0.1) is 11.3 Å². The molecular weight excluding hydrogens is 286 g/mol. The smallest absolute Gasteiger partial charge is 0.174 e. The topological polar surface area (TPSA) is 29.1 Å². The van der Waals surface area contributed by atoms with E-state index in [2.05, 4.69) is 21.2 Å². The lowest BCUT2D eigenvalue weighted by Gasteiger charge is -2.13. The molecule has 0 aromatic carbocycles. The van der Waals surface area contributed by atoms with Gasteiger partial charge in [0.05, 0.1) is 8.66 Å². The monoisotopic (exact) mass is 301 g/mol. The molecule has 1 atom stereocenters. The van der Waals surface area contributed by atoms with Crippen molar-refractivity contribution in [1.82, 2.24) is 5.32 Å². The molecule has 0 radical (unpaired) electrons. The summed E-state index contributed by atoms with van der Waals surface area (Å²) in [5, 5.41) is 3.46. The van der Waals surface area contributed by atoms with Gasteiger partial charge in [-0.25, -0.2) is 0 Å². The number of hydrogen-bond donors (Lipinski definition) is 1. The number of rotatable bonds is 3. The zero-order chi connectivity index (χ0) is 11.4. The fraction of sp³-hybridized carbons (Fsp3) is 0.583. The van der Waals surface area contributed by atoms with Crippen LogP contribution in [0.3, 0.4) is 0 Å². The second kappa shape index (κ2) is 5.94. The zero-order valence-electron chi connectivity index (χ0n) is 9.17. The number of carbonyl (C=O) groups is 1. The highest BCUT2D eigenvalue weighted by Crippen LogP contribution is 2.24. The lowest BCUT2D eigenvalue weighted by molar-refractivity contribution is 0.0972. The van der Waals surface area contributed by atoms with E-state index < -0.39 is 0 Å². The standard InChI is InChI=1S/C12H16BrNOS/c13-12-6-5-11(16-12)10(15)8-9-4-2-1-3-7-14-9/h5-6,9,14H,1-4,7-8H2. The summed E-state index contributed by atoms with van der Waals surface area (Å²) in [5.41, 5.74) is 0. The van der Waals surface area contributed by atoms with E-state index in [4.69, 9.17) is 0 Å². The normalized spacial score (nSPS) is 21.7. The van der Waals surface area contributed by atoms with Crippen LogP contribution in [0, 0.1) is 0 Å². The number of carbonyl (C=O) groups excluding carboxylic acids is 1.